The second-order valence-corrected chi connectivity index (χ2v) is 6.27. The van der Waals surface area contributed by atoms with Gasteiger partial charge in [0, 0.05) is 12.8 Å². The molecule has 1 aromatic carbocycles. The molecule has 1 N–H and O–H groups in total. The van der Waals surface area contributed by atoms with Crippen LogP contribution in [0.5, 0.6) is 5.75 Å². The van der Waals surface area contributed by atoms with Gasteiger partial charge < -0.3 is 14.8 Å². The minimum atomic E-state index is -0.690. The van der Waals surface area contributed by atoms with Gasteiger partial charge in [0.15, 0.2) is 0 Å². The Hall–Kier alpha value is -1.55. The van der Waals surface area contributed by atoms with E-state index in [0.717, 1.165) is 36.3 Å². The van der Waals surface area contributed by atoms with Crippen LogP contribution in [-0.4, -0.2) is 25.2 Å². The zero-order valence-electron chi connectivity index (χ0n) is 14.1. The van der Waals surface area contributed by atoms with E-state index in [1.165, 1.54) is 6.42 Å². The predicted molar refractivity (Wildman–Crippen MR) is 88.3 cm³/mol. The van der Waals surface area contributed by atoms with Gasteiger partial charge in [-0.05, 0) is 62.8 Å². The number of carbonyl (C=O) groups excluding carboxylic acids is 1. The van der Waals surface area contributed by atoms with Crippen molar-refractivity contribution in [2.45, 2.75) is 52.1 Å². The minimum absolute atomic E-state index is 0.0369. The van der Waals surface area contributed by atoms with Crippen LogP contribution in [0.1, 0.15) is 45.1 Å². The Morgan fingerprint density at radius 3 is 2.82 bits per heavy atom. The fourth-order valence-corrected chi connectivity index (χ4v) is 3.28. The van der Waals surface area contributed by atoms with Crippen molar-refractivity contribution in [3.63, 3.8) is 0 Å². The first-order chi connectivity index (χ1) is 10.5. The lowest BCUT2D eigenvalue weighted by Crippen LogP contribution is -2.47. The molecule has 1 fully saturated rings. The van der Waals surface area contributed by atoms with Gasteiger partial charge in [-0.3, -0.25) is 4.79 Å². The SMILES string of the molecule is CCOc1ccc(NC(=O)[C@]2(OC)CCC[C@@H](C)C2)cc1C. The van der Waals surface area contributed by atoms with Crippen molar-refractivity contribution >= 4 is 11.6 Å². The predicted octanol–water partition coefficient (Wildman–Crippen LogP) is 3.93. The van der Waals surface area contributed by atoms with Crippen LogP contribution in [0.4, 0.5) is 5.69 Å². The summed E-state index contributed by atoms with van der Waals surface area (Å²) in [6, 6.07) is 5.72. The summed E-state index contributed by atoms with van der Waals surface area (Å²) in [4.78, 5) is 12.7. The largest absolute Gasteiger partial charge is 0.494 e. The van der Waals surface area contributed by atoms with Crippen LogP contribution in [0, 0.1) is 12.8 Å². The lowest BCUT2D eigenvalue weighted by atomic mass is 9.78. The van der Waals surface area contributed by atoms with Crippen LogP contribution in [-0.2, 0) is 9.53 Å². The molecule has 0 unspecified atom stereocenters. The van der Waals surface area contributed by atoms with Crippen LogP contribution in [0.3, 0.4) is 0 Å². The standard InChI is InChI=1S/C18H27NO3/c1-5-22-16-9-8-15(11-14(16)3)19-17(20)18(21-4)10-6-7-13(2)12-18/h8-9,11,13H,5-7,10,12H2,1-4H3,(H,19,20)/t13-,18+/m1/s1. The second-order valence-electron chi connectivity index (χ2n) is 6.27. The summed E-state index contributed by atoms with van der Waals surface area (Å²) in [5, 5.41) is 3.01. The van der Waals surface area contributed by atoms with Crippen molar-refractivity contribution in [1.29, 1.82) is 0 Å². The van der Waals surface area contributed by atoms with Crippen molar-refractivity contribution in [3.05, 3.63) is 23.8 Å². The fourth-order valence-electron chi connectivity index (χ4n) is 3.28. The van der Waals surface area contributed by atoms with Crippen LogP contribution in [0.2, 0.25) is 0 Å². The molecule has 4 heteroatoms. The summed E-state index contributed by atoms with van der Waals surface area (Å²) >= 11 is 0. The normalized spacial score (nSPS) is 24.8. The lowest BCUT2D eigenvalue weighted by Gasteiger charge is -2.37. The van der Waals surface area contributed by atoms with Gasteiger partial charge in [0.1, 0.15) is 11.4 Å². The summed E-state index contributed by atoms with van der Waals surface area (Å²) in [6.07, 6.45) is 3.77. The van der Waals surface area contributed by atoms with E-state index in [-0.39, 0.29) is 5.91 Å². The molecule has 0 bridgehead atoms. The summed E-state index contributed by atoms with van der Waals surface area (Å²) in [7, 11) is 1.64. The molecule has 4 nitrogen and oxygen atoms in total. The molecule has 22 heavy (non-hydrogen) atoms. The van der Waals surface area contributed by atoms with Crippen LogP contribution in [0.15, 0.2) is 18.2 Å². The highest BCUT2D eigenvalue weighted by Gasteiger charge is 2.41. The Balaban J connectivity index is 2.12. The summed E-state index contributed by atoms with van der Waals surface area (Å²) in [5.74, 6) is 1.33. The highest BCUT2D eigenvalue weighted by molar-refractivity contribution is 5.97. The first-order valence-corrected chi connectivity index (χ1v) is 8.11. The summed E-state index contributed by atoms with van der Waals surface area (Å²) in [6.45, 7) is 6.76. The maximum absolute atomic E-state index is 12.7. The average molecular weight is 305 g/mol. The first kappa shape index (κ1) is 16.8. The molecular formula is C18H27NO3. The number of aryl methyl sites for hydroxylation is 1. The average Bonchev–Trinajstić information content (AvgIpc) is 2.50. The zero-order chi connectivity index (χ0) is 16.2. The fraction of sp³-hybridized carbons (Fsp3) is 0.611. The molecule has 2 rings (SSSR count). The topological polar surface area (TPSA) is 47.6 Å². The number of methoxy groups -OCH3 is 1. The number of benzene rings is 1. The Kier molecular flexibility index (Phi) is 5.46. The highest BCUT2D eigenvalue weighted by atomic mass is 16.5. The van der Waals surface area contributed by atoms with E-state index >= 15 is 0 Å². The van der Waals surface area contributed by atoms with E-state index in [2.05, 4.69) is 12.2 Å². The molecule has 0 saturated heterocycles. The van der Waals surface area contributed by atoms with Crippen LogP contribution < -0.4 is 10.1 Å². The van der Waals surface area contributed by atoms with Crippen molar-refractivity contribution in [1.82, 2.24) is 0 Å². The zero-order valence-corrected chi connectivity index (χ0v) is 14.1. The van der Waals surface area contributed by atoms with Gasteiger partial charge in [0.25, 0.3) is 5.91 Å². The Bertz CT molecular complexity index is 529. The second kappa shape index (κ2) is 7.14. The van der Waals surface area contributed by atoms with Gasteiger partial charge in [-0.2, -0.15) is 0 Å². The number of hydrogen-bond donors (Lipinski definition) is 1. The van der Waals surface area contributed by atoms with E-state index in [9.17, 15) is 4.79 Å². The molecule has 1 amide bonds. The monoisotopic (exact) mass is 305 g/mol. The smallest absolute Gasteiger partial charge is 0.256 e. The quantitative estimate of drug-likeness (QED) is 0.896. The third kappa shape index (κ3) is 3.61. The number of anilines is 1. The molecular weight excluding hydrogens is 278 g/mol. The molecule has 0 spiro atoms. The molecule has 0 heterocycles. The number of carbonyl (C=O) groups is 1. The molecule has 1 aliphatic rings. The van der Waals surface area contributed by atoms with E-state index in [0.29, 0.717) is 12.5 Å². The summed E-state index contributed by atoms with van der Waals surface area (Å²) < 4.78 is 11.2. The van der Waals surface area contributed by atoms with Gasteiger partial charge in [-0.1, -0.05) is 13.3 Å². The van der Waals surface area contributed by atoms with Crippen LogP contribution >= 0.6 is 0 Å². The molecule has 0 aromatic heterocycles. The van der Waals surface area contributed by atoms with Crippen molar-refractivity contribution < 1.29 is 14.3 Å². The summed E-state index contributed by atoms with van der Waals surface area (Å²) in [5.41, 5.74) is 1.12. The van der Waals surface area contributed by atoms with Gasteiger partial charge in [-0.25, -0.2) is 0 Å². The van der Waals surface area contributed by atoms with Gasteiger partial charge in [0.2, 0.25) is 0 Å². The first-order valence-electron chi connectivity index (χ1n) is 8.11. The maximum Gasteiger partial charge on any atom is 0.256 e. The number of amides is 1. The molecule has 1 saturated carbocycles. The Labute approximate surface area is 133 Å². The van der Waals surface area contributed by atoms with E-state index in [4.69, 9.17) is 9.47 Å². The van der Waals surface area contributed by atoms with Crippen molar-refractivity contribution in [2.24, 2.45) is 5.92 Å². The Morgan fingerprint density at radius 1 is 1.45 bits per heavy atom. The Morgan fingerprint density at radius 2 is 2.23 bits per heavy atom. The highest BCUT2D eigenvalue weighted by Crippen LogP contribution is 2.36. The number of hydrogen-bond acceptors (Lipinski definition) is 3. The lowest BCUT2D eigenvalue weighted by molar-refractivity contribution is -0.143. The third-order valence-electron chi connectivity index (χ3n) is 4.49. The van der Waals surface area contributed by atoms with E-state index in [1.807, 2.05) is 32.0 Å². The van der Waals surface area contributed by atoms with Crippen molar-refractivity contribution in [3.8, 4) is 5.75 Å². The molecule has 1 aromatic rings. The number of ether oxygens (including phenoxy) is 2. The maximum atomic E-state index is 12.7. The minimum Gasteiger partial charge on any atom is -0.494 e. The molecule has 0 radical (unpaired) electrons. The van der Waals surface area contributed by atoms with Gasteiger partial charge >= 0.3 is 0 Å². The van der Waals surface area contributed by atoms with Gasteiger partial charge in [0.05, 0.1) is 6.61 Å². The number of nitrogens with one attached hydrogen (secondary N) is 1. The van der Waals surface area contributed by atoms with Crippen molar-refractivity contribution in [2.75, 3.05) is 19.0 Å². The molecule has 2 atom stereocenters. The molecule has 122 valence electrons. The molecule has 1 aliphatic carbocycles. The van der Waals surface area contributed by atoms with E-state index in [1.54, 1.807) is 7.11 Å². The van der Waals surface area contributed by atoms with Gasteiger partial charge in [-0.15, -0.1) is 0 Å². The van der Waals surface area contributed by atoms with Crippen LogP contribution in [0.25, 0.3) is 0 Å². The molecule has 0 aliphatic heterocycles. The third-order valence-corrected chi connectivity index (χ3v) is 4.49. The van der Waals surface area contributed by atoms with E-state index < -0.39 is 5.60 Å². The number of rotatable bonds is 5.